The summed E-state index contributed by atoms with van der Waals surface area (Å²) >= 11 is 0. The van der Waals surface area contributed by atoms with Gasteiger partial charge in [0.1, 0.15) is 0 Å². The summed E-state index contributed by atoms with van der Waals surface area (Å²) in [5.41, 5.74) is 0.317. The van der Waals surface area contributed by atoms with Crippen LogP contribution in [-0.2, 0) is 0 Å². The van der Waals surface area contributed by atoms with Gasteiger partial charge in [-0.2, -0.15) is 0 Å². The maximum atomic E-state index is 11.2. The predicted octanol–water partition coefficient (Wildman–Crippen LogP) is 1.84. The lowest BCUT2D eigenvalue weighted by molar-refractivity contribution is 0.120. The molecule has 13 heavy (non-hydrogen) atoms. The van der Waals surface area contributed by atoms with Crippen LogP contribution in [0, 0.1) is 5.41 Å². The Labute approximate surface area is 80.5 Å². The minimum absolute atomic E-state index is 0.0696. The summed E-state index contributed by atoms with van der Waals surface area (Å²) in [5.74, 6) is 0. The lowest BCUT2D eigenvalue weighted by atomic mass is 9.79. The Morgan fingerprint density at radius 3 is 2.69 bits per heavy atom. The van der Waals surface area contributed by atoms with E-state index < -0.39 is 0 Å². The van der Waals surface area contributed by atoms with Crippen molar-refractivity contribution < 1.29 is 4.79 Å². The molecule has 0 aromatic carbocycles. The molecule has 0 saturated carbocycles. The summed E-state index contributed by atoms with van der Waals surface area (Å²) < 4.78 is 0. The number of rotatable bonds is 3. The molecular formula is C10H20N2O. The topological polar surface area (TPSA) is 32.3 Å². The first kappa shape index (κ1) is 10.4. The molecule has 0 bridgehead atoms. The molecule has 0 unspecified atom stereocenters. The molecule has 1 aliphatic rings. The normalized spacial score (nSPS) is 28.8. The molecule has 1 saturated heterocycles. The molecule has 3 nitrogen and oxygen atoms in total. The van der Waals surface area contributed by atoms with Crippen LogP contribution in [0.2, 0.25) is 0 Å². The Morgan fingerprint density at radius 2 is 2.23 bits per heavy atom. The SMILES string of the molecule is CCC[C@]1(CC)CNC(=O)N(C)C1. The van der Waals surface area contributed by atoms with Gasteiger partial charge in [0, 0.05) is 25.6 Å². The van der Waals surface area contributed by atoms with Crippen molar-refractivity contribution in [3.8, 4) is 0 Å². The van der Waals surface area contributed by atoms with Crippen LogP contribution >= 0.6 is 0 Å². The highest BCUT2D eigenvalue weighted by atomic mass is 16.2. The van der Waals surface area contributed by atoms with Gasteiger partial charge in [0.25, 0.3) is 0 Å². The molecule has 3 heteroatoms. The van der Waals surface area contributed by atoms with Crippen molar-refractivity contribution in [1.82, 2.24) is 10.2 Å². The number of urea groups is 1. The van der Waals surface area contributed by atoms with Gasteiger partial charge >= 0.3 is 6.03 Å². The van der Waals surface area contributed by atoms with Crippen LogP contribution in [0.1, 0.15) is 33.1 Å². The van der Waals surface area contributed by atoms with Crippen LogP contribution in [0.25, 0.3) is 0 Å². The molecule has 0 spiro atoms. The molecule has 0 aromatic rings. The predicted molar refractivity (Wildman–Crippen MR) is 53.7 cm³/mol. The summed E-state index contributed by atoms with van der Waals surface area (Å²) in [6, 6.07) is 0.0696. The third-order valence-electron chi connectivity index (χ3n) is 3.06. The van der Waals surface area contributed by atoms with Gasteiger partial charge in [0.15, 0.2) is 0 Å². The molecule has 0 aromatic heterocycles. The number of nitrogens with zero attached hydrogens (tertiary/aromatic N) is 1. The summed E-state index contributed by atoms with van der Waals surface area (Å²) in [6.45, 7) is 6.17. The molecule has 0 radical (unpaired) electrons. The number of amides is 2. The molecule has 0 aliphatic carbocycles. The van der Waals surface area contributed by atoms with E-state index >= 15 is 0 Å². The average Bonchev–Trinajstić information content (AvgIpc) is 2.12. The largest absolute Gasteiger partial charge is 0.337 e. The Balaban J connectivity index is 2.62. The zero-order chi connectivity index (χ0) is 9.90. The van der Waals surface area contributed by atoms with Gasteiger partial charge in [-0.15, -0.1) is 0 Å². The van der Waals surface area contributed by atoms with Gasteiger partial charge in [-0.25, -0.2) is 4.79 Å². The van der Waals surface area contributed by atoms with E-state index in [2.05, 4.69) is 19.2 Å². The molecule has 1 atom stereocenters. The maximum Gasteiger partial charge on any atom is 0.317 e. The van der Waals surface area contributed by atoms with E-state index in [1.165, 1.54) is 12.8 Å². The fourth-order valence-corrected chi connectivity index (χ4v) is 2.14. The van der Waals surface area contributed by atoms with E-state index in [1.54, 1.807) is 4.90 Å². The fourth-order valence-electron chi connectivity index (χ4n) is 2.14. The van der Waals surface area contributed by atoms with Crippen molar-refractivity contribution in [3.63, 3.8) is 0 Å². The Morgan fingerprint density at radius 1 is 1.54 bits per heavy atom. The molecule has 2 amide bonds. The van der Waals surface area contributed by atoms with Gasteiger partial charge in [-0.05, 0) is 12.8 Å². The molecule has 76 valence electrons. The summed E-state index contributed by atoms with van der Waals surface area (Å²) in [5, 5.41) is 2.95. The van der Waals surface area contributed by atoms with E-state index in [1.807, 2.05) is 7.05 Å². The highest BCUT2D eigenvalue weighted by Crippen LogP contribution is 2.30. The van der Waals surface area contributed by atoms with E-state index in [4.69, 9.17) is 0 Å². The smallest absolute Gasteiger partial charge is 0.317 e. The van der Waals surface area contributed by atoms with Crippen molar-refractivity contribution in [1.29, 1.82) is 0 Å². The average molecular weight is 184 g/mol. The molecule has 1 N–H and O–H groups in total. The second kappa shape index (κ2) is 3.99. The van der Waals surface area contributed by atoms with E-state index in [0.29, 0.717) is 5.41 Å². The van der Waals surface area contributed by atoms with E-state index in [0.717, 1.165) is 19.5 Å². The number of hydrogen-bond acceptors (Lipinski definition) is 1. The molecule has 1 rings (SSSR count). The monoisotopic (exact) mass is 184 g/mol. The molecule has 1 aliphatic heterocycles. The Hall–Kier alpha value is -0.730. The number of carbonyl (C=O) groups excluding carboxylic acids is 1. The zero-order valence-electron chi connectivity index (χ0n) is 8.89. The number of nitrogens with one attached hydrogen (secondary N) is 1. The van der Waals surface area contributed by atoms with Crippen LogP contribution in [0.15, 0.2) is 0 Å². The van der Waals surface area contributed by atoms with Crippen molar-refractivity contribution in [2.24, 2.45) is 5.41 Å². The van der Waals surface area contributed by atoms with Gasteiger partial charge in [-0.3, -0.25) is 0 Å². The summed E-state index contributed by atoms with van der Waals surface area (Å²) in [6.07, 6.45) is 3.54. The number of hydrogen-bond donors (Lipinski definition) is 1. The minimum atomic E-state index is 0.0696. The first-order valence-electron chi connectivity index (χ1n) is 5.12. The highest BCUT2D eigenvalue weighted by Gasteiger charge is 2.34. The van der Waals surface area contributed by atoms with Crippen LogP contribution in [-0.4, -0.2) is 31.1 Å². The van der Waals surface area contributed by atoms with Gasteiger partial charge in [0.2, 0.25) is 0 Å². The van der Waals surface area contributed by atoms with Gasteiger partial charge in [0.05, 0.1) is 0 Å². The van der Waals surface area contributed by atoms with Crippen LogP contribution < -0.4 is 5.32 Å². The molecule has 1 heterocycles. The third kappa shape index (κ3) is 2.14. The Bertz CT molecular complexity index is 193. The summed E-state index contributed by atoms with van der Waals surface area (Å²) in [4.78, 5) is 13.0. The Kier molecular flexibility index (Phi) is 3.17. The lowest BCUT2D eigenvalue weighted by Crippen LogP contribution is -2.55. The van der Waals surface area contributed by atoms with Crippen molar-refractivity contribution >= 4 is 6.03 Å². The summed E-state index contributed by atoms with van der Waals surface area (Å²) in [7, 11) is 1.87. The fraction of sp³-hybridized carbons (Fsp3) is 0.900. The van der Waals surface area contributed by atoms with E-state index in [9.17, 15) is 4.79 Å². The molecular weight excluding hydrogens is 164 g/mol. The van der Waals surface area contributed by atoms with E-state index in [-0.39, 0.29) is 6.03 Å². The van der Waals surface area contributed by atoms with Gasteiger partial charge < -0.3 is 10.2 Å². The zero-order valence-corrected chi connectivity index (χ0v) is 8.89. The third-order valence-corrected chi connectivity index (χ3v) is 3.06. The molecule has 1 fully saturated rings. The van der Waals surface area contributed by atoms with Crippen LogP contribution in [0.4, 0.5) is 4.79 Å². The van der Waals surface area contributed by atoms with Crippen LogP contribution in [0.5, 0.6) is 0 Å². The van der Waals surface area contributed by atoms with Crippen molar-refractivity contribution in [2.45, 2.75) is 33.1 Å². The second-order valence-corrected chi connectivity index (χ2v) is 4.12. The standard InChI is InChI=1S/C10H20N2O/c1-4-6-10(5-2)7-11-9(13)12(3)8-10/h4-8H2,1-3H3,(H,11,13)/t10-/m1/s1. The van der Waals surface area contributed by atoms with Crippen molar-refractivity contribution in [2.75, 3.05) is 20.1 Å². The maximum absolute atomic E-state index is 11.2. The lowest BCUT2D eigenvalue weighted by Gasteiger charge is -2.41. The van der Waals surface area contributed by atoms with Crippen LogP contribution in [0.3, 0.4) is 0 Å². The van der Waals surface area contributed by atoms with Gasteiger partial charge in [-0.1, -0.05) is 20.3 Å². The quantitative estimate of drug-likeness (QED) is 0.713. The highest BCUT2D eigenvalue weighted by molar-refractivity contribution is 5.74. The minimum Gasteiger partial charge on any atom is -0.337 e. The first-order chi connectivity index (χ1) is 6.13. The first-order valence-corrected chi connectivity index (χ1v) is 5.12. The number of carbonyl (C=O) groups is 1. The van der Waals surface area contributed by atoms with Crippen molar-refractivity contribution in [3.05, 3.63) is 0 Å². The second-order valence-electron chi connectivity index (χ2n) is 4.12.